The zero-order chi connectivity index (χ0) is 14.3. The molecule has 0 bridgehead atoms. The highest BCUT2D eigenvalue weighted by atomic mass is 35.5. The second-order valence-electron chi connectivity index (χ2n) is 4.52. The first kappa shape index (κ1) is 13.0. The first-order valence-corrected chi connectivity index (χ1v) is 6.41. The van der Waals surface area contributed by atoms with Gasteiger partial charge in [0.05, 0.1) is 11.2 Å². The van der Waals surface area contributed by atoms with E-state index >= 15 is 0 Å². The van der Waals surface area contributed by atoms with E-state index in [0.29, 0.717) is 22.2 Å². The number of fused-ring (bicyclic) bond motifs is 1. The molecule has 5 N–H and O–H groups in total. The molecule has 0 saturated carbocycles. The minimum Gasteiger partial charge on any atom is -0.457 e. The van der Waals surface area contributed by atoms with Crippen molar-refractivity contribution in [2.75, 3.05) is 5.73 Å². The number of nitrogen functional groups attached to an aromatic ring is 1. The number of halogens is 1. The molecular formula is C13H14ClN5O. The van der Waals surface area contributed by atoms with Crippen LogP contribution in [0.1, 0.15) is 17.4 Å². The van der Waals surface area contributed by atoms with Crippen LogP contribution < -0.4 is 17.0 Å². The minimum absolute atomic E-state index is 0.382. The fourth-order valence-electron chi connectivity index (χ4n) is 2.20. The Morgan fingerprint density at radius 1 is 1.45 bits per heavy atom. The fourth-order valence-corrected chi connectivity index (χ4v) is 2.42. The van der Waals surface area contributed by atoms with Gasteiger partial charge in [-0.05, 0) is 12.1 Å². The summed E-state index contributed by atoms with van der Waals surface area (Å²) in [6.45, 7) is 0. The van der Waals surface area contributed by atoms with Gasteiger partial charge in [-0.2, -0.15) is 5.10 Å². The Bertz CT molecular complexity index is 763. The smallest absolute Gasteiger partial charge is 0.152 e. The number of aryl methyl sites for hydroxylation is 1. The quantitative estimate of drug-likeness (QED) is 0.506. The Morgan fingerprint density at radius 3 is 2.85 bits per heavy atom. The number of hydrogen-bond donors (Lipinski definition) is 3. The number of anilines is 1. The van der Waals surface area contributed by atoms with Crippen LogP contribution in [-0.4, -0.2) is 9.78 Å². The molecule has 0 fully saturated rings. The van der Waals surface area contributed by atoms with Crippen molar-refractivity contribution in [1.82, 2.24) is 15.2 Å². The monoisotopic (exact) mass is 291 g/mol. The van der Waals surface area contributed by atoms with Crippen LogP contribution in [0.5, 0.6) is 0 Å². The first-order valence-electron chi connectivity index (χ1n) is 6.03. The van der Waals surface area contributed by atoms with Crippen LogP contribution >= 0.6 is 11.6 Å². The largest absolute Gasteiger partial charge is 0.457 e. The van der Waals surface area contributed by atoms with Gasteiger partial charge in [-0.3, -0.25) is 10.5 Å². The molecular weight excluding hydrogens is 278 g/mol. The number of hydrazine groups is 1. The second-order valence-corrected chi connectivity index (χ2v) is 4.92. The summed E-state index contributed by atoms with van der Waals surface area (Å²) in [5, 5.41) is 5.58. The molecule has 0 saturated heterocycles. The van der Waals surface area contributed by atoms with Gasteiger partial charge in [0, 0.05) is 18.0 Å². The minimum atomic E-state index is -0.382. The van der Waals surface area contributed by atoms with Gasteiger partial charge >= 0.3 is 0 Å². The third-order valence-corrected chi connectivity index (χ3v) is 3.59. The third kappa shape index (κ3) is 1.94. The first-order chi connectivity index (χ1) is 9.61. The van der Waals surface area contributed by atoms with Crippen LogP contribution in [0.15, 0.2) is 34.9 Å². The number of hydrogen-bond acceptors (Lipinski definition) is 5. The Kier molecular flexibility index (Phi) is 3.13. The van der Waals surface area contributed by atoms with Gasteiger partial charge in [-0.15, -0.1) is 0 Å². The fraction of sp³-hybridized carbons (Fsp3) is 0.154. The molecule has 20 heavy (non-hydrogen) atoms. The van der Waals surface area contributed by atoms with E-state index in [2.05, 4.69) is 10.5 Å². The van der Waals surface area contributed by atoms with E-state index in [0.717, 1.165) is 10.9 Å². The summed E-state index contributed by atoms with van der Waals surface area (Å²) in [6.07, 6.45) is 1.66. The molecule has 1 unspecified atom stereocenters. The molecule has 104 valence electrons. The molecule has 0 amide bonds. The summed E-state index contributed by atoms with van der Waals surface area (Å²) in [6, 6.07) is 7.08. The lowest BCUT2D eigenvalue weighted by atomic mass is 10.1. The van der Waals surface area contributed by atoms with E-state index in [1.165, 1.54) is 0 Å². The van der Waals surface area contributed by atoms with E-state index in [9.17, 15) is 0 Å². The maximum atomic E-state index is 6.11. The molecule has 2 heterocycles. The van der Waals surface area contributed by atoms with Gasteiger partial charge in [0.25, 0.3) is 0 Å². The van der Waals surface area contributed by atoms with Crippen LogP contribution in [0.4, 0.5) is 5.82 Å². The van der Waals surface area contributed by atoms with E-state index in [4.69, 9.17) is 27.6 Å². The normalized spacial score (nSPS) is 12.9. The zero-order valence-electron chi connectivity index (χ0n) is 10.8. The Hall–Kier alpha value is -2.02. The third-order valence-electron chi connectivity index (χ3n) is 3.29. The molecule has 2 aromatic heterocycles. The molecule has 0 radical (unpaired) electrons. The van der Waals surface area contributed by atoms with Crippen molar-refractivity contribution in [3.8, 4) is 0 Å². The summed E-state index contributed by atoms with van der Waals surface area (Å²) >= 11 is 6.11. The van der Waals surface area contributed by atoms with Gasteiger partial charge in [-0.25, -0.2) is 5.43 Å². The van der Waals surface area contributed by atoms with Crippen molar-refractivity contribution in [2.45, 2.75) is 6.04 Å². The Morgan fingerprint density at radius 2 is 2.25 bits per heavy atom. The number of aromatic nitrogens is 2. The van der Waals surface area contributed by atoms with Crippen LogP contribution in [0, 0.1) is 0 Å². The van der Waals surface area contributed by atoms with Gasteiger partial charge in [-0.1, -0.05) is 23.7 Å². The van der Waals surface area contributed by atoms with E-state index < -0.39 is 0 Å². The zero-order valence-corrected chi connectivity index (χ0v) is 11.6. The average Bonchev–Trinajstić information content (AvgIpc) is 2.99. The lowest BCUT2D eigenvalue weighted by Gasteiger charge is -2.12. The lowest BCUT2D eigenvalue weighted by Crippen LogP contribution is -2.29. The SMILES string of the molecule is Cn1ncc(C(NN)c2cc3cccc(Cl)c3o2)c1N. The van der Waals surface area contributed by atoms with Gasteiger partial charge in [0.15, 0.2) is 5.58 Å². The molecule has 0 spiro atoms. The Labute approximate surface area is 120 Å². The lowest BCUT2D eigenvalue weighted by molar-refractivity contribution is 0.478. The van der Waals surface area contributed by atoms with Crippen molar-refractivity contribution in [3.63, 3.8) is 0 Å². The van der Waals surface area contributed by atoms with Gasteiger partial charge in [0.1, 0.15) is 17.6 Å². The maximum Gasteiger partial charge on any atom is 0.152 e. The van der Waals surface area contributed by atoms with Crippen molar-refractivity contribution in [1.29, 1.82) is 0 Å². The topological polar surface area (TPSA) is 95.0 Å². The number of nitrogens with one attached hydrogen (secondary N) is 1. The summed E-state index contributed by atoms with van der Waals surface area (Å²) in [7, 11) is 1.77. The maximum absolute atomic E-state index is 6.11. The highest BCUT2D eigenvalue weighted by Crippen LogP contribution is 2.33. The molecule has 1 aromatic carbocycles. The van der Waals surface area contributed by atoms with Crippen molar-refractivity contribution < 1.29 is 4.42 Å². The predicted molar refractivity (Wildman–Crippen MR) is 78.0 cm³/mol. The van der Waals surface area contributed by atoms with Crippen molar-refractivity contribution in [3.05, 3.63) is 46.8 Å². The van der Waals surface area contributed by atoms with E-state index in [-0.39, 0.29) is 6.04 Å². The molecule has 7 heteroatoms. The average molecular weight is 292 g/mol. The van der Waals surface area contributed by atoms with Crippen LogP contribution in [-0.2, 0) is 7.05 Å². The number of furan rings is 1. The summed E-state index contributed by atoms with van der Waals surface area (Å²) < 4.78 is 7.38. The molecule has 3 aromatic rings. The summed E-state index contributed by atoms with van der Waals surface area (Å²) in [5.74, 6) is 6.80. The predicted octanol–water partition coefficient (Wildman–Crippen LogP) is 1.95. The van der Waals surface area contributed by atoms with Crippen molar-refractivity contribution in [2.24, 2.45) is 12.9 Å². The van der Waals surface area contributed by atoms with Gasteiger partial charge in [0.2, 0.25) is 0 Å². The Balaban J connectivity index is 2.12. The molecule has 0 aliphatic heterocycles. The summed E-state index contributed by atoms with van der Waals surface area (Å²) in [4.78, 5) is 0. The van der Waals surface area contributed by atoms with Crippen LogP contribution in [0.25, 0.3) is 11.0 Å². The van der Waals surface area contributed by atoms with Crippen LogP contribution in [0.2, 0.25) is 5.02 Å². The van der Waals surface area contributed by atoms with Crippen molar-refractivity contribution >= 4 is 28.4 Å². The molecule has 0 aliphatic carbocycles. The summed E-state index contributed by atoms with van der Waals surface area (Å²) in [5.41, 5.74) is 10.1. The van der Waals surface area contributed by atoms with E-state index in [1.54, 1.807) is 24.0 Å². The molecule has 3 rings (SSSR count). The second kappa shape index (κ2) is 4.82. The highest BCUT2D eigenvalue weighted by molar-refractivity contribution is 6.34. The molecule has 6 nitrogen and oxygen atoms in total. The number of nitrogens with zero attached hydrogens (tertiary/aromatic N) is 2. The van der Waals surface area contributed by atoms with E-state index in [1.807, 2.05) is 18.2 Å². The number of para-hydroxylation sites is 1. The van der Waals surface area contributed by atoms with Gasteiger partial charge < -0.3 is 10.2 Å². The number of rotatable bonds is 3. The highest BCUT2D eigenvalue weighted by Gasteiger charge is 2.22. The molecule has 0 aliphatic rings. The standard InChI is InChI=1S/C13H14ClN5O/c1-19-13(15)8(6-17-19)11(18-16)10-5-7-3-2-4-9(14)12(7)20-10/h2-6,11,18H,15-16H2,1H3. The van der Waals surface area contributed by atoms with Crippen LogP contribution in [0.3, 0.4) is 0 Å². The number of nitrogens with two attached hydrogens (primary N) is 2. The number of benzene rings is 1. The molecule has 1 atom stereocenters.